The first-order valence-corrected chi connectivity index (χ1v) is 13.0. The molecule has 0 saturated carbocycles. The van der Waals surface area contributed by atoms with E-state index in [-0.39, 0.29) is 24.1 Å². The number of carbonyl (C=O) groups excluding carboxylic acids is 3. The van der Waals surface area contributed by atoms with Gasteiger partial charge in [0.15, 0.2) is 0 Å². The molecule has 0 heterocycles. The molecule has 0 aromatic heterocycles. The van der Waals surface area contributed by atoms with E-state index in [4.69, 9.17) is 0 Å². The van der Waals surface area contributed by atoms with Gasteiger partial charge in [-0.05, 0) is 44.9 Å². The first kappa shape index (κ1) is 30.1. The van der Waals surface area contributed by atoms with Crippen LogP contribution < -0.4 is 16.0 Å². The van der Waals surface area contributed by atoms with Crippen LogP contribution >= 0.6 is 0 Å². The van der Waals surface area contributed by atoms with Gasteiger partial charge in [0.05, 0.1) is 0 Å². The average Bonchev–Trinajstić information content (AvgIpc) is 2.78. The monoisotopic (exact) mass is 451 g/mol. The van der Waals surface area contributed by atoms with Crippen LogP contribution in [0.4, 0.5) is 0 Å². The van der Waals surface area contributed by atoms with Crippen molar-refractivity contribution in [3.05, 3.63) is 12.2 Å². The Hall–Kier alpha value is -1.85. The van der Waals surface area contributed by atoms with Crippen LogP contribution in [0.5, 0.6) is 0 Å². The van der Waals surface area contributed by atoms with Crippen molar-refractivity contribution in [3.8, 4) is 0 Å². The van der Waals surface area contributed by atoms with Gasteiger partial charge in [0, 0.05) is 25.9 Å². The van der Waals surface area contributed by atoms with Gasteiger partial charge < -0.3 is 16.0 Å². The fourth-order valence-corrected chi connectivity index (χ4v) is 3.35. The summed E-state index contributed by atoms with van der Waals surface area (Å²) in [5, 5.41) is 8.61. The van der Waals surface area contributed by atoms with E-state index in [0.717, 1.165) is 57.8 Å². The van der Waals surface area contributed by atoms with Crippen LogP contribution in [-0.4, -0.2) is 36.9 Å². The second-order valence-electron chi connectivity index (χ2n) is 8.55. The Kier molecular flexibility index (Phi) is 21.1. The van der Waals surface area contributed by atoms with Crippen molar-refractivity contribution in [2.75, 3.05) is 13.1 Å². The third-order valence-electron chi connectivity index (χ3n) is 5.42. The first-order valence-electron chi connectivity index (χ1n) is 13.0. The molecular formula is C26H49N3O3. The summed E-state index contributed by atoms with van der Waals surface area (Å²) in [5.41, 5.74) is 0. The Morgan fingerprint density at radius 2 is 1.31 bits per heavy atom. The minimum atomic E-state index is -0.646. The summed E-state index contributed by atoms with van der Waals surface area (Å²) < 4.78 is 0. The fourth-order valence-electron chi connectivity index (χ4n) is 3.35. The predicted octanol–water partition coefficient (Wildman–Crippen LogP) is 5.17. The van der Waals surface area contributed by atoms with Crippen molar-refractivity contribution in [1.82, 2.24) is 16.0 Å². The highest BCUT2D eigenvalue weighted by molar-refractivity contribution is 5.88. The maximum absolute atomic E-state index is 12.5. The van der Waals surface area contributed by atoms with Crippen molar-refractivity contribution in [2.45, 2.75) is 123 Å². The highest BCUT2D eigenvalue weighted by atomic mass is 16.2. The average molecular weight is 452 g/mol. The lowest BCUT2D eigenvalue weighted by Crippen LogP contribution is -2.47. The minimum absolute atomic E-state index is 0.0655. The topological polar surface area (TPSA) is 87.3 Å². The molecule has 0 aliphatic heterocycles. The molecule has 6 heteroatoms. The van der Waals surface area contributed by atoms with Gasteiger partial charge in [-0.25, -0.2) is 0 Å². The van der Waals surface area contributed by atoms with E-state index in [1.54, 1.807) is 0 Å². The van der Waals surface area contributed by atoms with Crippen molar-refractivity contribution < 1.29 is 14.4 Å². The number of allylic oxidation sites excluding steroid dienone is 2. The van der Waals surface area contributed by atoms with Gasteiger partial charge in [-0.15, -0.1) is 0 Å². The van der Waals surface area contributed by atoms with Crippen LogP contribution in [0.15, 0.2) is 12.2 Å². The minimum Gasteiger partial charge on any atom is -0.356 e. The second-order valence-corrected chi connectivity index (χ2v) is 8.55. The van der Waals surface area contributed by atoms with Crippen molar-refractivity contribution >= 4 is 17.7 Å². The Morgan fingerprint density at radius 1 is 0.688 bits per heavy atom. The van der Waals surface area contributed by atoms with Crippen molar-refractivity contribution in [3.63, 3.8) is 0 Å². The smallest absolute Gasteiger partial charge is 0.242 e. The molecule has 0 aliphatic carbocycles. The van der Waals surface area contributed by atoms with E-state index in [1.807, 2.05) is 0 Å². The maximum Gasteiger partial charge on any atom is 0.242 e. The molecule has 0 saturated heterocycles. The summed E-state index contributed by atoms with van der Waals surface area (Å²) >= 11 is 0. The van der Waals surface area contributed by atoms with Crippen LogP contribution in [-0.2, 0) is 14.4 Å². The predicted molar refractivity (Wildman–Crippen MR) is 133 cm³/mol. The zero-order chi connectivity index (χ0) is 23.9. The summed E-state index contributed by atoms with van der Waals surface area (Å²) in [6.07, 6.45) is 18.3. The number of rotatable bonds is 21. The fraction of sp³-hybridized carbons (Fsp3) is 0.808. The summed E-state index contributed by atoms with van der Waals surface area (Å²) in [5.74, 6) is -0.355. The molecule has 3 N–H and O–H groups in total. The molecule has 0 rings (SSSR count). The van der Waals surface area contributed by atoms with E-state index >= 15 is 0 Å². The van der Waals surface area contributed by atoms with Gasteiger partial charge in [-0.1, -0.05) is 71.4 Å². The molecule has 0 fully saturated rings. The lowest BCUT2D eigenvalue weighted by molar-refractivity contribution is -0.129. The molecule has 0 aromatic rings. The van der Waals surface area contributed by atoms with Crippen molar-refractivity contribution in [1.29, 1.82) is 0 Å². The van der Waals surface area contributed by atoms with Crippen LogP contribution in [0, 0.1) is 0 Å². The number of hydrogen-bond donors (Lipinski definition) is 3. The summed E-state index contributed by atoms with van der Waals surface area (Å²) in [4.78, 5) is 36.9. The number of carbonyl (C=O) groups is 3. The van der Waals surface area contributed by atoms with Crippen LogP contribution in [0.1, 0.15) is 117 Å². The normalized spacial score (nSPS) is 12.0. The molecule has 6 nitrogen and oxygen atoms in total. The van der Waals surface area contributed by atoms with Crippen LogP contribution in [0.2, 0.25) is 0 Å². The van der Waals surface area contributed by atoms with E-state index in [2.05, 4.69) is 48.9 Å². The van der Waals surface area contributed by atoms with Gasteiger partial charge in [0.1, 0.15) is 6.04 Å². The molecule has 0 unspecified atom stereocenters. The molecule has 3 amide bonds. The number of amides is 3. The molecule has 0 aromatic carbocycles. The number of hydrogen-bond acceptors (Lipinski definition) is 3. The van der Waals surface area contributed by atoms with Crippen molar-refractivity contribution in [2.24, 2.45) is 0 Å². The molecule has 0 radical (unpaired) electrons. The quantitative estimate of drug-likeness (QED) is 0.166. The highest BCUT2D eigenvalue weighted by Crippen LogP contribution is 2.09. The Balaban J connectivity index is 4.22. The van der Waals surface area contributed by atoms with E-state index < -0.39 is 6.04 Å². The Bertz CT molecular complexity index is 520. The molecule has 0 aliphatic rings. The lowest BCUT2D eigenvalue weighted by atomic mass is 10.1. The third kappa shape index (κ3) is 18.9. The molecular weight excluding hydrogens is 402 g/mol. The number of nitrogens with one attached hydrogen (secondary N) is 3. The zero-order valence-corrected chi connectivity index (χ0v) is 21.0. The first-order chi connectivity index (χ1) is 15.5. The third-order valence-corrected chi connectivity index (χ3v) is 5.42. The molecule has 0 spiro atoms. The molecule has 0 bridgehead atoms. The summed E-state index contributed by atoms with van der Waals surface area (Å²) in [6.45, 7) is 7.54. The maximum atomic E-state index is 12.5. The van der Waals surface area contributed by atoms with Crippen LogP contribution in [0.25, 0.3) is 0 Å². The Labute approximate surface area is 196 Å². The Morgan fingerprint density at radius 3 is 1.97 bits per heavy atom. The van der Waals surface area contributed by atoms with E-state index in [9.17, 15) is 14.4 Å². The van der Waals surface area contributed by atoms with Gasteiger partial charge in [0.25, 0.3) is 0 Å². The van der Waals surface area contributed by atoms with Crippen LogP contribution in [0.3, 0.4) is 0 Å². The lowest BCUT2D eigenvalue weighted by Gasteiger charge is -2.18. The highest BCUT2D eigenvalue weighted by Gasteiger charge is 2.21. The SMILES string of the molecule is CC/C=C/CCCCCCCCC(=O)N[C@@H](CCC(=O)NCCCC)C(=O)NCCCC. The van der Waals surface area contributed by atoms with Gasteiger partial charge in [-0.2, -0.15) is 0 Å². The zero-order valence-electron chi connectivity index (χ0n) is 21.0. The molecule has 186 valence electrons. The van der Waals surface area contributed by atoms with Gasteiger partial charge >= 0.3 is 0 Å². The van der Waals surface area contributed by atoms with Gasteiger partial charge in [-0.3, -0.25) is 14.4 Å². The summed E-state index contributed by atoms with van der Waals surface area (Å²) in [6, 6.07) is -0.646. The number of unbranched alkanes of at least 4 members (excludes halogenated alkanes) is 8. The molecule has 1 atom stereocenters. The molecule has 32 heavy (non-hydrogen) atoms. The van der Waals surface area contributed by atoms with E-state index in [0.29, 0.717) is 25.9 Å². The summed E-state index contributed by atoms with van der Waals surface area (Å²) in [7, 11) is 0. The van der Waals surface area contributed by atoms with E-state index in [1.165, 1.54) is 19.3 Å². The second kappa shape index (κ2) is 22.3. The standard InChI is InChI=1S/C26H49N3O3/c1-4-7-10-11-12-13-14-15-16-17-18-25(31)29-23(26(32)28-22-9-6-3)19-20-24(30)27-21-8-5-2/h7,10,23H,4-6,8-9,11-22H2,1-3H3,(H,27,30)(H,28,32)(H,29,31)/b10-7+/t23-/m0/s1. The largest absolute Gasteiger partial charge is 0.356 e. The van der Waals surface area contributed by atoms with Gasteiger partial charge in [0.2, 0.25) is 17.7 Å².